The van der Waals surface area contributed by atoms with Crippen LogP contribution in [0.5, 0.6) is 5.75 Å². The van der Waals surface area contributed by atoms with Gasteiger partial charge < -0.3 is 10.4 Å². The first-order valence-corrected chi connectivity index (χ1v) is 7.98. The molecule has 0 spiro atoms. The summed E-state index contributed by atoms with van der Waals surface area (Å²) in [6.45, 7) is 5.50. The van der Waals surface area contributed by atoms with E-state index in [9.17, 15) is 5.11 Å². The highest BCUT2D eigenvalue weighted by molar-refractivity contribution is 5.92. The summed E-state index contributed by atoms with van der Waals surface area (Å²) in [4.78, 5) is 4.38. The lowest BCUT2D eigenvalue weighted by atomic mass is 10.0. The van der Waals surface area contributed by atoms with Gasteiger partial charge in [-0.05, 0) is 35.9 Å². The molecule has 0 fully saturated rings. The molecule has 1 aromatic heterocycles. The third-order valence-electron chi connectivity index (χ3n) is 3.75. The zero-order chi connectivity index (χ0) is 15.1. The molecule has 2 rings (SSSR count). The Morgan fingerprint density at radius 3 is 2.71 bits per heavy atom. The molecule has 1 aromatic carbocycles. The van der Waals surface area contributed by atoms with E-state index in [1.165, 1.54) is 25.7 Å². The molecule has 0 bridgehead atoms. The average molecular weight is 286 g/mol. The number of fused-ring (bicyclic) bond motifs is 1. The Morgan fingerprint density at radius 2 is 1.90 bits per heavy atom. The van der Waals surface area contributed by atoms with Crippen molar-refractivity contribution in [2.24, 2.45) is 5.92 Å². The second-order valence-electron chi connectivity index (χ2n) is 6.09. The largest absolute Gasteiger partial charge is 0.508 e. The molecule has 21 heavy (non-hydrogen) atoms. The van der Waals surface area contributed by atoms with Crippen molar-refractivity contribution in [3.8, 4) is 5.75 Å². The summed E-state index contributed by atoms with van der Waals surface area (Å²) >= 11 is 0. The van der Waals surface area contributed by atoms with E-state index in [4.69, 9.17) is 0 Å². The van der Waals surface area contributed by atoms with Crippen molar-refractivity contribution < 1.29 is 5.11 Å². The van der Waals surface area contributed by atoms with Crippen LogP contribution in [0, 0.1) is 5.92 Å². The standard InChI is InChI=1S/C18H26N2O/c1-14(2)7-5-3-4-6-11-19-18-17-13-16(21)9-8-15(17)10-12-20-18/h8-10,12-14,21H,3-7,11H2,1-2H3,(H,19,20). The average Bonchev–Trinajstić information content (AvgIpc) is 2.46. The van der Waals surface area contributed by atoms with Gasteiger partial charge in [0.05, 0.1) is 0 Å². The number of aromatic nitrogens is 1. The molecule has 3 heteroatoms. The van der Waals surface area contributed by atoms with Crippen LogP contribution in [0.1, 0.15) is 46.0 Å². The summed E-state index contributed by atoms with van der Waals surface area (Å²) in [6, 6.07) is 7.36. The van der Waals surface area contributed by atoms with Crippen LogP contribution in [0.4, 0.5) is 5.82 Å². The van der Waals surface area contributed by atoms with Crippen LogP contribution in [-0.4, -0.2) is 16.6 Å². The molecule has 114 valence electrons. The van der Waals surface area contributed by atoms with Crippen LogP contribution in [0.2, 0.25) is 0 Å². The zero-order valence-electron chi connectivity index (χ0n) is 13.1. The third-order valence-corrected chi connectivity index (χ3v) is 3.75. The van der Waals surface area contributed by atoms with Crippen LogP contribution in [0.25, 0.3) is 10.8 Å². The van der Waals surface area contributed by atoms with Crippen LogP contribution in [0.3, 0.4) is 0 Å². The fraction of sp³-hybridized carbons (Fsp3) is 0.500. The lowest BCUT2D eigenvalue weighted by Crippen LogP contribution is -2.03. The van der Waals surface area contributed by atoms with Crippen molar-refractivity contribution in [1.82, 2.24) is 4.98 Å². The summed E-state index contributed by atoms with van der Waals surface area (Å²) < 4.78 is 0. The monoisotopic (exact) mass is 286 g/mol. The molecule has 0 unspecified atom stereocenters. The van der Waals surface area contributed by atoms with Crippen molar-refractivity contribution in [2.75, 3.05) is 11.9 Å². The van der Waals surface area contributed by atoms with Crippen LogP contribution < -0.4 is 5.32 Å². The summed E-state index contributed by atoms with van der Waals surface area (Å²) in [6.07, 6.45) is 8.20. The summed E-state index contributed by atoms with van der Waals surface area (Å²) in [5.74, 6) is 1.97. The van der Waals surface area contributed by atoms with Gasteiger partial charge in [0.25, 0.3) is 0 Å². The number of phenols is 1. The number of hydrogen-bond acceptors (Lipinski definition) is 3. The fourth-order valence-electron chi connectivity index (χ4n) is 2.54. The number of phenolic OH excluding ortho intramolecular Hbond substituents is 1. The molecule has 0 aliphatic heterocycles. The van der Waals surface area contributed by atoms with E-state index in [0.29, 0.717) is 0 Å². The molecule has 0 aliphatic carbocycles. The minimum absolute atomic E-state index is 0.284. The van der Waals surface area contributed by atoms with Gasteiger partial charge in [-0.3, -0.25) is 0 Å². The Bertz CT molecular complexity index is 566. The lowest BCUT2D eigenvalue weighted by molar-refractivity contribution is 0.476. The number of nitrogens with one attached hydrogen (secondary N) is 1. The number of nitrogens with zero attached hydrogens (tertiary/aromatic N) is 1. The minimum atomic E-state index is 0.284. The molecule has 0 radical (unpaired) electrons. The maximum absolute atomic E-state index is 9.61. The van der Waals surface area contributed by atoms with Crippen LogP contribution in [0.15, 0.2) is 30.5 Å². The minimum Gasteiger partial charge on any atom is -0.508 e. The zero-order valence-corrected chi connectivity index (χ0v) is 13.1. The maximum Gasteiger partial charge on any atom is 0.133 e. The van der Waals surface area contributed by atoms with Gasteiger partial charge in [0.2, 0.25) is 0 Å². The molecule has 0 saturated carbocycles. The van der Waals surface area contributed by atoms with Crippen molar-refractivity contribution in [3.63, 3.8) is 0 Å². The van der Waals surface area contributed by atoms with Crippen LogP contribution >= 0.6 is 0 Å². The smallest absolute Gasteiger partial charge is 0.133 e. The molecular weight excluding hydrogens is 260 g/mol. The third kappa shape index (κ3) is 4.92. The van der Waals surface area contributed by atoms with E-state index >= 15 is 0 Å². The van der Waals surface area contributed by atoms with Gasteiger partial charge in [-0.1, -0.05) is 45.6 Å². The van der Waals surface area contributed by atoms with Crippen molar-refractivity contribution in [1.29, 1.82) is 0 Å². The normalized spacial score (nSPS) is 11.2. The summed E-state index contributed by atoms with van der Waals surface area (Å²) in [5, 5.41) is 15.1. The molecule has 1 heterocycles. The number of pyridine rings is 1. The van der Waals surface area contributed by atoms with Gasteiger partial charge in [-0.25, -0.2) is 4.98 Å². The summed E-state index contributed by atoms with van der Waals surface area (Å²) in [7, 11) is 0. The predicted octanol–water partition coefficient (Wildman–Crippen LogP) is 4.96. The Kier molecular flexibility index (Phi) is 5.85. The van der Waals surface area contributed by atoms with Crippen molar-refractivity contribution in [3.05, 3.63) is 30.5 Å². The van der Waals surface area contributed by atoms with Gasteiger partial charge in [-0.2, -0.15) is 0 Å². The van der Waals surface area contributed by atoms with E-state index in [2.05, 4.69) is 24.1 Å². The predicted molar refractivity (Wildman–Crippen MR) is 89.8 cm³/mol. The molecule has 3 nitrogen and oxygen atoms in total. The van der Waals surface area contributed by atoms with Gasteiger partial charge in [-0.15, -0.1) is 0 Å². The second kappa shape index (κ2) is 7.87. The quantitative estimate of drug-likeness (QED) is 0.674. The molecule has 2 N–H and O–H groups in total. The van der Waals surface area contributed by atoms with Gasteiger partial charge in [0.1, 0.15) is 11.6 Å². The topological polar surface area (TPSA) is 45.2 Å². The van der Waals surface area contributed by atoms with Gasteiger partial charge in [0, 0.05) is 18.1 Å². The number of anilines is 1. The Balaban J connectivity index is 1.80. The van der Waals surface area contributed by atoms with Crippen molar-refractivity contribution in [2.45, 2.75) is 46.0 Å². The van der Waals surface area contributed by atoms with Gasteiger partial charge in [0.15, 0.2) is 0 Å². The molecule has 2 aromatic rings. The van der Waals surface area contributed by atoms with Crippen molar-refractivity contribution >= 4 is 16.6 Å². The first kappa shape index (κ1) is 15.6. The maximum atomic E-state index is 9.61. The van der Waals surface area contributed by atoms with E-state index in [1.807, 2.05) is 18.3 Å². The molecule has 0 aliphatic rings. The first-order chi connectivity index (χ1) is 10.2. The van der Waals surface area contributed by atoms with Crippen LogP contribution in [-0.2, 0) is 0 Å². The molecule has 0 saturated heterocycles. The second-order valence-corrected chi connectivity index (χ2v) is 6.09. The first-order valence-electron chi connectivity index (χ1n) is 7.98. The molecule has 0 amide bonds. The number of rotatable bonds is 8. The van der Waals surface area contributed by atoms with E-state index in [1.54, 1.807) is 12.1 Å². The highest BCUT2D eigenvalue weighted by Crippen LogP contribution is 2.25. The Labute approximate surface area is 127 Å². The highest BCUT2D eigenvalue weighted by atomic mass is 16.3. The lowest BCUT2D eigenvalue weighted by Gasteiger charge is -2.09. The highest BCUT2D eigenvalue weighted by Gasteiger charge is 2.03. The van der Waals surface area contributed by atoms with E-state index < -0.39 is 0 Å². The van der Waals surface area contributed by atoms with E-state index in [-0.39, 0.29) is 5.75 Å². The Morgan fingerprint density at radius 1 is 1.10 bits per heavy atom. The SMILES string of the molecule is CC(C)CCCCCCNc1nccc2ccc(O)cc12. The molecular formula is C18H26N2O. The fourth-order valence-corrected chi connectivity index (χ4v) is 2.54. The molecule has 0 atom stereocenters. The number of aromatic hydroxyl groups is 1. The summed E-state index contributed by atoms with van der Waals surface area (Å²) in [5.41, 5.74) is 0. The number of benzene rings is 1. The van der Waals surface area contributed by atoms with Gasteiger partial charge >= 0.3 is 0 Å². The number of hydrogen-bond donors (Lipinski definition) is 2. The van der Waals surface area contributed by atoms with E-state index in [0.717, 1.165) is 35.5 Å². The number of unbranched alkanes of at least 4 members (excludes halogenated alkanes) is 3. The Hall–Kier alpha value is -1.77.